The summed E-state index contributed by atoms with van der Waals surface area (Å²) >= 11 is 0. The first-order valence-electron chi connectivity index (χ1n) is 5.26. The largest absolute Gasteiger partial charge is 0.327 e. The van der Waals surface area contributed by atoms with E-state index in [2.05, 4.69) is 42.3 Å². The maximum Gasteiger partial charge on any atom is 0.0132 e. The molecule has 76 valence electrons. The van der Waals surface area contributed by atoms with Gasteiger partial charge in [0.25, 0.3) is 0 Å². The van der Waals surface area contributed by atoms with Gasteiger partial charge < -0.3 is 10.6 Å². The minimum atomic E-state index is 0.327. The third kappa shape index (κ3) is 1.97. The van der Waals surface area contributed by atoms with Crippen molar-refractivity contribution in [3.05, 3.63) is 35.9 Å². The molecular formula is C12H18N2. The van der Waals surface area contributed by atoms with E-state index in [1.807, 2.05) is 0 Å². The van der Waals surface area contributed by atoms with Gasteiger partial charge in [0.1, 0.15) is 0 Å². The van der Waals surface area contributed by atoms with Gasteiger partial charge in [0.15, 0.2) is 0 Å². The molecule has 1 aliphatic rings. The van der Waals surface area contributed by atoms with Gasteiger partial charge in [-0.1, -0.05) is 30.3 Å². The molecule has 2 rings (SSSR count). The number of likely N-dealkylation sites (tertiary alicyclic amines) is 1. The Bertz CT molecular complexity index is 284. The molecule has 0 unspecified atom stereocenters. The van der Waals surface area contributed by atoms with E-state index in [1.54, 1.807) is 0 Å². The number of likely N-dealkylation sites (N-methyl/N-ethyl adjacent to an activating group) is 1. The van der Waals surface area contributed by atoms with Gasteiger partial charge in [0, 0.05) is 18.5 Å². The van der Waals surface area contributed by atoms with Crippen LogP contribution in [0, 0.1) is 0 Å². The van der Waals surface area contributed by atoms with Crippen LogP contribution in [-0.4, -0.2) is 31.1 Å². The van der Waals surface area contributed by atoms with Crippen LogP contribution in [0.3, 0.4) is 0 Å². The number of hydrogen-bond donors (Lipinski definition) is 1. The number of benzene rings is 1. The van der Waals surface area contributed by atoms with E-state index < -0.39 is 0 Å². The van der Waals surface area contributed by atoms with Crippen LogP contribution >= 0.6 is 0 Å². The second-order valence-corrected chi connectivity index (χ2v) is 4.23. The molecule has 2 nitrogen and oxygen atoms in total. The Labute approximate surface area is 85.7 Å². The minimum absolute atomic E-state index is 0.327. The molecule has 0 saturated carbocycles. The van der Waals surface area contributed by atoms with Gasteiger partial charge in [-0.25, -0.2) is 0 Å². The number of hydrogen-bond acceptors (Lipinski definition) is 2. The minimum Gasteiger partial charge on any atom is -0.327 e. The molecule has 0 radical (unpaired) electrons. The zero-order chi connectivity index (χ0) is 9.97. The van der Waals surface area contributed by atoms with E-state index in [-0.39, 0.29) is 0 Å². The highest BCUT2D eigenvalue weighted by Gasteiger charge is 2.25. The van der Waals surface area contributed by atoms with Crippen molar-refractivity contribution in [1.82, 2.24) is 4.90 Å². The molecular weight excluding hydrogens is 172 g/mol. The van der Waals surface area contributed by atoms with E-state index >= 15 is 0 Å². The van der Waals surface area contributed by atoms with Crippen LogP contribution < -0.4 is 5.73 Å². The van der Waals surface area contributed by atoms with Gasteiger partial charge in [0.2, 0.25) is 0 Å². The highest BCUT2D eigenvalue weighted by molar-refractivity contribution is 5.22. The summed E-state index contributed by atoms with van der Waals surface area (Å²) < 4.78 is 0. The normalized spacial score (nSPS) is 29.0. The van der Waals surface area contributed by atoms with Gasteiger partial charge in [-0.15, -0.1) is 0 Å². The maximum absolute atomic E-state index is 6.15. The van der Waals surface area contributed by atoms with Crippen molar-refractivity contribution < 1.29 is 0 Å². The van der Waals surface area contributed by atoms with Crippen molar-refractivity contribution in [3.8, 4) is 0 Å². The van der Waals surface area contributed by atoms with Crippen molar-refractivity contribution in [2.24, 2.45) is 5.73 Å². The molecule has 14 heavy (non-hydrogen) atoms. The lowest BCUT2D eigenvalue weighted by Gasteiger charge is -2.35. The molecule has 2 N–H and O–H groups in total. The zero-order valence-corrected chi connectivity index (χ0v) is 8.69. The van der Waals surface area contributed by atoms with Crippen molar-refractivity contribution in [3.63, 3.8) is 0 Å². The predicted molar refractivity (Wildman–Crippen MR) is 59.3 cm³/mol. The molecule has 1 aromatic rings. The van der Waals surface area contributed by atoms with Gasteiger partial charge in [-0.05, 0) is 25.6 Å². The molecule has 1 heterocycles. The molecule has 1 fully saturated rings. The molecule has 1 saturated heterocycles. The standard InChI is InChI=1S/C12H18N2/c1-14-8-7-12(13)11(9-14)10-5-3-2-4-6-10/h2-6,11-12H,7-9,13H2,1H3/t11-,12-/m0/s1. The lowest BCUT2D eigenvalue weighted by Crippen LogP contribution is -2.43. The summed E-state index contributed by atoms with van der Waals surface area (Å²) in [5.41, 5.74) is 7.53. The number of nitrogens with two attached hydrogens (primary N) is 1. The van der Waals surface area contributed by atoms with E-state index in [4.69, 9.17) is 5.73 Å². The van der Waals surface area contributed by atoms with Gasteiger partial charge in [-0.2, -0.15) is 0 Å². The molecule has 0 bridgehead atoms. The summed E-state index contributed by atoms with van der Waals surface area (Å²) in [7, 11) is 2.17. The van der Waals surface area contributed by atoms with Crippen LogP contribution in [-0.2, 0) is 0 Å². The lowest BCUT2D eigenvalue weighted by molar-refractivity contribution is 0.228. The average Bonchev–Trinajstić information content (AvgIpc) is 2.23. The van der Waals surface area contributed by atoms with Crippen molar-refractivity contribution >= 4 is 0 Å². The molecule has 0 aromatic heterocycles. The van der Waals surface area contributed by atoms with Crippen LogP contribution in [0.1, 0.15) is 17.9 Å². The third-order valence-electron chi connectivity index (χ3n) is 3.10. The third-order valence-corrected chi connectivity index (χ3v) is 3.10. The van der Waals surface area contributed by atoms with E-state index in [0.717, 1.165) is 19.5 Å². The summed E-state index contributed by atoms with van der Waals surface area (Å²) in [6.45, 7) is 2.22. The summed E-state index contributed by atoms with van der Waals surface area (Å²) in [5.74, 6) is 0.509. The Balaban J connectivity index is 2.16. The summed E-state index contributed by atoms with van der Waals surface area (Å²) in [5, 5.41) is 0. The molecule has 0 aliphatic carbocycles. The smallest absolute Gasteiger partial charge is 0.0132 e. The van der Waals surface area contributed by atoms with E-state index in [1.165, 1.54) is 5.56 Å². The fourth-order valence-corrected chi connectivity index (χ4v) is 2.19. The Hall–Kier alpha value is -0.860. The highest BCUT2D eigenvalue weighted by Crippen LogP contribution is 2.24. The van der Waals surface area contributed by atoms with Gasteiger partial charge in [0.05, 0.1) is 0 Å². The summed E-state index contributed by atoms with van der Waals surface area (Å²) in [6, 6.07) is 10.9. The Morgan fingerprint density at radius 3 is 2.71 bits per heavy atom. The summed E-state index contributed by atoms with van der Waals surface area (Å²) in [6.07, 6.45) is 1.11. The average molecular weight is 190 g/mol. The number of piperidine rings is 1. The first kappa shape index (κ1) is 9.69. The molecule has 2 atom stereocenters. The topological polar surface area (TPSA) is 29.3 Å². The summed E-state index contributed by atoms with van der Waals surface area (Å²) in [4.78, 5) is 2.36. The van der Waals surface area contributed by atoms with Crippen LogP contribution in [0.5, 0.6) is 0 Å². The van der Waals surface area contributed by atoms with Crippen LogP contribution in [0.2, 0.25) is 0 Å². The molecule has 2 heteroatoms. The van der Waals surface area contributed by atoms with Crippen molar-refractivity contribution in [1.29, 1.82) is 0 Å². The maximum atomic E-state index is 6.15. The number of nitrogens with zero attached hydrogens (tertiary/aromatic N) is 1. The fourth-order valence-electron chi connectivity index (χ4n) is 2.19. The Morgan fingerprint density at radius 1 is 1.29 bits per heavy atom. The first-order valence-corrected chi connectivity index (χ1v) is 5.26. The zero-order valence-electron chi connectivity index (χ0n) is 8.69. The van der Waals surface area contributed by atoms with E-state index in [0.29, 0.717) is 12.0 Å². The SMILES string of the molecule is CN1CC[C@H](N)[C@H](c2ccccc2)C1. The monoisotopic (exact) mass is 190 g/mol. The van der Waals surface area contributed by atoms with Gasteiger partial charge in [-0.3, -0.25) is 0 Å². The van der Waals surface area contributed by atoms with Crippen molar-refractivity contribution in [2.75, 3.05) is 20.1 Å². The second-order valence-electron chi connectivity index (χ2n) is 4.23. The van der Waals surface area contributed by atoms with Crippen LogP contribution in [0.25, 0.3) is 0 Å². The fraction of sp³-hybridized carbons (Fsp3) is 0.500. The molecule has 0 amide bonds. The molecule has 1 aromatic carbocycles. The van der Waals surface area contributed by atoms with Crippen LogP contribution in [0.15, 0.2) is 30.3 Å². The highest BCUT2D eigenvalue weighted by atomic mass is 15.1. The van der Waals surface area contributed by atoms with E-state index in [9.17, 15) is 0 Å². The second kappa shape index (κ2) is 4.11. The van der Waals surface area contributed by atoms with Gasteiger partial charge >= 0.3 is 0 Å². The predicted octanol–water partition coefficient (Wildman–Crippen LogP) is 1.43. The van der Waals surface area contributed by atoms with Crippen molar-refractivity contribution in [2.45, 2.75) is 18.4 Å². The Kier molecular flexibility index (Phi) is 2.85. The number of rotatable bonds is 1. The van der Waals surface area contributed by atoms with Crippen LogP contribution in [0.4, 0.5) is 0 Å². The lowest BCUT2D eigenvalue weighted by atomic mass is 9.87. The quantitative estimate of drug-likeness (QED) is 0.726. The molecule has 1 aliphatic heterocycles. The molecule has 0 spiro atoms. The Morgan fingerprint density at radius 2 is 2.00 bits per heavy atom. The first-order chi connectivity index (χ1) is 6.77.